The maximum atomic E-state index is 11.0. The summed E-state index contributed by atoms with van der Waals surface area (Å²) in [5.74, 6) is 0.300. The molecule has 22 heavy (non-hydrogen) atoms. The SMILES string of the molecule is NC1CCC(CNc2cc(-c3n[nH]c(=O)o3)ccc2Cl)CC1. The molecule has 0 unspecified atom stereocenters. The van der Waals surface area contributed by atoms with Gasteiger partial charge in [0.25, 0.3) is 0 Å². The largest absolute Gasteiger partial charge is 0.434 e. The molecule has 118 valence electrons. The molecule has 1 fully saturated rings. The first-order chi connectivity index (χ1) is 10.6. The molecular weight excluding hydrogens is 304 g/mol. The van der Waals surface area contributed by atoms with Gasteiger partial charge >= 0.3 is 5.76 Å². The number of H-pyrrole nitrogens is 1. The lowest BCUT2D eigenvalue weighted by atomic mass is 9.86. The molecule has 0 bridgehead atoms. The lowest BCUT2D eigenvalue weighted by Gasteiger charge is -2.26. The highest BCUT2D eigenvalue weighted by atomic mass is 35.5. The van der Waals surface area contributed by atoms with E-state index < -0.39 is 5.76 Å². The number of rotatable bonds is 4. The van der Waals surface area contributed by atoms with Crippen molar-refractivity contribution in [3.63, 3.8) is 0 Å². The highest BCUT2D eigenvalue weighted by molar-refractivity contribution is 6.33. The molecule has 1 aliphatic rings. The fourth-order valence-corrected chi connectivity index (χ4v) is 2.98. The Morgan fingerprint density at radius 1 is 1.36 bits per heavy atom. The average Bonchev–Trinajstić information content (AvgIpc) is 2.95. The van der Waals surface area contributed by atoms with Crippen LogP contribution in [0.25, 0.3) is 11.5 Å². The number of nitrogens with one attached hydrogen (secondary N) is 2. The quantitative estimate of drug-likeness (QED) is 0.804. The number of nitrogens with zero attached hydrogens (tertiary/aromatic N) is 1. The van der Waals surface area contributed by atoms with Crippen molar-refractivity contribution in [1.82, 2.24) is 10.2 Å². The van der Waals surface area contributed by atoms with E-state index in [0.717, 1.165) is 37.9 Å². The van der Waals surface area contributed by atoms with Crippen LogP contribution in [0.15, 0.2) is 27.4 Å². The van der Waals surface area contributed by atoms with E-state index in [0.29, 0.717) is 22.5 Å². The molecule has 1 aromatic carbocycles. The van der Waals surface area contributed by atoms with Crippen LogP contribution >= 0.6 is 11.6 Å². The Morgan fingerprint density at radius 2 is 2.14 bits per heavy atom. The van der Waals surface area contributed by atoms with Crippen LogP contribution in [-0.4, -0.2) is 22.8 Å². The number of hydrogen-bond donors (Lipinski definition) is 3. The molecule has 1 heterocycles. The Kier molecular flexibility index (Phi) is 4.49. The van der Waals surface area contributed by atoms with Gasteiger partial charge in [0.2, 0.25) is 5.89 Å². The zero-order valence-electron chi connectivity index (χ0n) is 12.1. The van der Waals surface area contributed by atoms with Gasteiger partial charge in [0.1, 0.15) is 0 Å². The topological polar surface area (TPSA) is 96.9 Å². The standard InChI is InChI=1S/C15H19ClN4O2/c16-12-6-3-10(14-19-20-15(21)22-14)7-13(12)18-8-9-1-4-11(17)5-2-9/h3,6-7,9,11,18H,1-2,4-5,8,17H2,(H,20,21). The maximum absolute atomic E-state index is 11.0. The van der Waals surface area contributed by atoms with Crippen LogP contribution in [0.5, 0.6) is 0 Å². The van der Waals surface area contributed by atoms with Gasteiger partial charge in [-0.3, -0.25) is 0 Å². The minimum Gasteiger partial charge on any atom is -0.388 e. The molecule has 0 atom stereocenters. The van der Waals surface area contributed by atoms with Crippen molar-refractivity contribution in [3.05, 3.63) is 33.8 Å². The van der Waals surface area contributed by atoms with E-state index in [2.05, 4.69) is 15.5 Å². The minimum atomic E-state index is -0.571. The molecule has 0 saturated heterocycles. The van der Waals surface area contributed by atoms with E-state index in [-0.39, 0.29) is 5.89 Å². The Bertz CT molecular complexity index is 689. The van der Waals surface area contributed by atoms with Gasteiger partial charge in [-0.1, -0.05) is 11.6 Å². The van der Waals surface area contributed by atoms with E-state index in [1.807, 2.05) is 6.07 Å². The summed E-state index contributed by atoms with van der Waals surface area (Å²) in [5, 5.41) is 10.1. The summed E-state index contributed by atoms with van der Waals surface area (Å²) in [5.41, 5.74) is 7.45. The smallest absolute Gasteiger partial charge is 0.388 e. The van der Waals surface area contributed by atoms with Crippen molar-refractivity contribution >= 4 is 17.3 Å². The van der Waals surface area contributed by atoms with E-state index in [1.165, 1.54) is 0 Å². The normalized spacial score (nSPS) is 21.7. The fraction of sp³-hybridized carbons (Fsp3) is 0.467. The molecular formula is C15H19ClN4O2. The Morgan fingerprint density at radius 3 is 2.82 bits per heavy atom. The van der Waals surface area contributed by atoms with Crippen molar-refractivity contribution in [2.45, 2.75) is 31.7 Å². The molecule has 1 saturated carbocycles. The van der Waals surface area contributed by atoms with Crippen LogP contribution in [0.1, 0.15) is 25.7 Å². The molecule has 0 spiro atoms. The predicted octanol–water partition coefficient (Wildman–Crippen LogP) is 2.61. The van der Waals surface area contributed by atoms with Gasteiger partial charge in [0, 0.05) is 18.2 Å². The number of halogens is 1. The van der Waals surface area contributed by atoms with Crippen molar-refractivity contribution in [2.75, 3.05) is 11.9 Å². The molecule has 0 aliphatic heterocycles. The second-order valence-electron chi connectivity index (χ2n) is 5.77. The zero-order valence-corrected chi connectivity index (χ0v) is 12.9. The summed E-state index contributed by atoms with van der Waals surface area (Å²) in [6.45, 7) is 0.862. The average molecular weight is 323 g/mol. The summed E-state index contributed by atoms with van der Waals surface area (Å²) >= 11 is 6.23. The second kappa shape index (κ2) is 6.54. The predicted molar refractivity (Wildman–Crippen MR) is 86.0 cm³/mol. The first kappa shape index (κ1) is 15.1. The number of aromatic nitrogens is 2. The minimum absolute atomic E-state index is 0.258. The van der Waals surface area contributed by atoms with Crippen LogP contribution in [-0.2, 0) is 0 Å². The number of hydrogen-bond acceptors (Lipinski definition) is 5. The zero-order chi connectivity index (χ0) is 15.5. The summed E-state index contributed by atoms with van der Waals surface area (Å²) < 4.78 is 4.96. The lowest BCUT2D eigenvalue weighted by Crippen LogP contribution is -2.29. The Balaban J connectivity index is 1.69. The van der Waals surface area contributed by atoms with Crippen LogP contribution in [0, 0.1) is 5.92 Å². The monoisotopic (exact) mass is 322 g/mol. The van der Waals surface area contributed by atoms with Crippen LogP contribution in [0.2, 0.25) is 5.02 Å². The van der Waals surface area contributed by atoms with E-state index >= 15 is 0 Å². The first-order valence-electron chi connectivity index (χ1n) is 7.46. The molecule has 3 rings (SSSR count). The summed E-state index contributed by atoms with van der Waals surface area (Å²) in [7, 11) is 0. The molecule has 2 aromatic rings. The van der Waals surface area contributed by atoms with E-state index in [1.54, 1.807) is 12.1 Å². The van der Waals surface area contributed by atoms with E-state index in [9.17, 15) is 4.79 Å². The third kappa shape index (κ3) is 3.51. The van der Waals surface area contributed by atoms with Crippen molar-refractivity contribution in [2.24, 2.45) is 11.7 Å². The molecule has 0 radical (unpaired) electrons. The number of nitrogens with two attached hydrogens (primary N) is 1. The summed E-state index contributed by atoms with van der Waals surface area (Å²) in [6, 6.07) is 5.73. The van der Waals surface area contributed by atoms with E-state index in [4.69, 9.17) is 21.8 Å². The highest BCUT2D eigenvalue weighted by Gasteiger charge is 2.18. The van der Waals surface area contributed by atoms with Crippen LogP contribution in [0.3, 0.4) is 0 Å². The summed E-state index contributed by atoms with van der Waals surface area (Å²) in [6.07, 6.45) is 4.44. The fourth-order valence-electron chi connectivity index (χ4n) is 2.79. The highest BCUT2D eigenvalue weighted by Crippen LogP contribution is 2.29. The van der Waals surface area contributed by atoms with Gasteiger partial charge in [-0.15, -0.1) is 5.10 Å². The lowest BCUT2D eigenvalue weighted by molar-refractivity contribution is 0.339. The van der Waals surface area contributed by atoms with Crippen molar-refractivity contribution in [1.29, 1.82) is 0 Å². The van der Waals surface area contributed by atoms with Gasteiger partial charge < -0.3 is 15.5 Å². The molecule has 0 amide bonds. The third-order valence-electron chi connectivity index (χ3n) is 4.12. The van der Waals surface area contributed by atoms with Gasteiger partial charge in [0.15, 0.2) is 0 Å². The van der Waals surface area contributed by atoms with Gasteiger partial charge in [-0.25, -0.2) is 9.89 Å². The number of anilines is 1. The van der Waals surface area contributed by atoms with Crippen molar-refractivity contribution in [3.8, 4) is 11.5 Å². The Hall–Kier alpha value is -1.79. The van der Waals surface area contributed by atoms with Gasteiger partial charge in [0.05, 0.1) is 10.7 Å². The second-order valence-corrected chi connectivity index (χ2v) is 6.18. The molecule has 4 N–H and O–H groups in total. The van der Waals surface area contributed by atoms with Crippen LogP contribution < -0.4 is 16.8 Å². The van der Waals surface area contributed by atoms with Gasteiger partial charge in [-0.2, -0.15) is 0 Å². The van der Waals surface area contributed by atoms with Crippen molar-refractivity contribution < 1.29 is 4.42 Å². The van der Waals surface area contributed by atoms with Gasteiger partial charge in [-0.05, 0) is 49.8 Å². The third-order valence-corrected chi connectivity index (χ3v) is 4.45. The Labute approximate surface area is 133 Å². The maximum Gasteiger partial charge on any atom is 0.434 e. The number of aromatic amines is 1. The summed E-state index contributed by atoms with van der Waals surface area (Å²) in [4.78, 5) is 11.0. The first-order valence-corrected chi connectivity index (χ1v) is 7.84. The molecule has 7 heteroatoms. The van der Waals surface area contributed by atoms with Crippen LogP contribution in [0.4, 0.5) is 5.69 Å². The molecule has 1 aliphatic carbocycles. The number of benzene rings is 1. The molecule has 1 aromatic heterocycles. The molecule has 6 nitrogen and oxygen atoms in total.